The maximum absolute atomic E-state index is 6.25. The Morgan fingerprint density at radius 3 is 1.83 bits per heavy atom. The number of rotatable bonds is 2. The van der Waals surface area contributed by atoms with Crippen molar-refractivity contribution in [1.82, 2.24) is 0 Å². The third-order valence-electron chi connectivity index (χ3n) is 7.20. The molecule has 0 spiro atoms. The van der Waals surface area contributed by atoms with Crippen LogP contribution < -0.4 is 0 Å². The van der Waals surface area contributed by atoms with E-state index in [1.807, 2.05) is 17.4 Å². The monoisotopic (exact) mass is 482 g/mol. The molecule has 2 heterocycles. The van der Waals surface area contributed by atoms with Crippen LogP contribution in [0.3, 0.4) is 0 Å². The highest BCUT2D eigenvalue weighted by atomic mass is 32.1. The second-order valence-corrected chi connectivity index (χ2v) is 11.6. The molecule has 0 atom stereocenters. The van der Waals surface area contributed by atoms with Gasteiger partial charge in [-0.05, 0) is 57.5 Å². The maximum Gasteiger partial charge on any atom is 0.136 e. The third-order valence-corrected chi connectivity index (χ3v) is 8.34. The molecule has 5 aromatic carbocycles. The molecular formula is C34H26OS. The zero-order valence-electron chi connectivity index (χ0n) is 20.6. The Hall–Kier alpha value is -3.88. The topological polar surface area (TPSA) is 13.1 Å². The van der Waals surface area contributed by atoms with E-state index in [0.717, 1.165) is 11.2 Å². The minimum Gasteiger partial charge on any atom is -0.456 e. The molecule has 0 fully saturated rings. The second-order valence-electron chi connectivity index (χ2n) is 10.5. The van der Waals surface area contributed by atoms with Crippen LogP contribution in [0.25, 0.3) is 64.4 Å². The number of fused-ring (bicyclic) bond motifs is 6. The molecule has 0 radical (unpaired) electrons. The molecule has 2 heteroatoms. The number of thiophene rings is 1. The number of furan rings is 1. The molecule has 7 rings (SSSR count). The first-order valence-electron chi connectivity index (χ1n) is 12.5. The summed E-state index contributed by atoms with van der Waals surface area (Å²) in [6.45, 7) is 6.98. The van der Waals surface area contributed by atoms with Crippen LogP contribution in [0.15, 0.2) is 108 Å². The first-order chi connectivity index (χ1) is 17.5. The zero-order valence-corrected chi connectivity index (χ0v) is 21.4. The van der Waals surface area contributed by atoms with Gasteiger partial charge in [0.2, 0.25) is 0 Å². The molecule has 0 N–H and O–H groups in total. The fourth-order valence-electron chi connectivity index (χ4n) is 5.81. The highest BCUT2D eigenvalue weighted by Gasteiger charge is 2.26. The van der Waals surface area contributed by atoms with Crippen molar-refractivity contribution in [2.45, 2.75) is 26.2 Å². The average Bonchev–Trinajstić information content (AvgIpc) is 3.46. The van der Waals surface area contributed by atoms with Crippen LogP contribution in [0.5, 0.6) is 0 Å². The molecule has 0 amide bonds. The van der Waals surface area contributed by atoms with E-state index in [0.29, 0.717) is 0 Å². The predicted molar refractivity (Wildman–Crippen MR) is 156 cm³/mol. The lowest BCUT2D eigenvalue weighted by atomic mass is 9.76. The molecule has 2 aromatic heterocycles. The summed E-state index contributed by atoms with van der Waals surface area (Å²) < 4.78 is 8.92. The molecule has 36 heavy (non-hydrogen) atoms. The summed E-state index contributed by atoms with van der Waals surface area (Å²) in [7, 11) is 0. The number of para-hydroxylation sites is 1. The molecule has 0 saturated heterocycles. The standard InChI is InChI=1S/C34H26OS/c1-34(2,3)33-23(21-13-9-18-28-31(21)25-11-4-6-17-27(25)35-28)15-8-16-24(33)22-14-10-20-30-32(22)26-12-5-7-19-29(26)36-30/h4-20H,1-3H3. The van der Waals surface area contributed by atoms with Crippen LogP contribution in [-0.2, 0) is 5.41 Å². The van der Waals surface area contributed by atoms with E-state index < -0.39 is 0 Å². The van der Waals surface area contributed by atoms with Crippen molar-refractivity contribution in [3.63, 3.8) is 0 Å². The Balaban J connectivity index is 1.60. The van der Waals surface area contributed by atoms with Crippen molar-refractivity contribution in [3.8, 4) is 22.3 Å². The van der Waals surface area contributed by atoms with E-state index in [1.54, 1.807) is 0 Å². The maximum atomic E-state index is 6.25. The molecule has 0 aliphatic heterocycles. The highest BCUT2D eigenvalue weighted by Crippen LogP contribution is 2.47. The average molecular weight is 483 g/mol. The van der Waals surface area contributed by atoms with Gasteiger partial charge in [0.25, 0.3) is 0 Å². The zero-order chi connectivity index (χ0) is 24.4. The van der Waals surface area contributed by atoms with Gasteiger partial charge in [-0.25, -0.2) is 0 Å². The van der Waals surface area contributed by atoms with Crippen molar-refractivity contribution in [2.75, 3.05) is 0 Å². The summed E-state index contributed by atoms with van der Waals surface area (Å²) >= 11 is 1.88. The van der Waals surface area contributed by atoms with E-state index in [9.17, 15) is 0 Å². The van der Waals surface area contributed by atoms with Gasteiger partial charge < -0.3 is 4.42 Å². The van der Waals surface area contributed by atoms with Crippen molar-refractivity contribution >= 4 is 53.4 Å². The quantitative estimate of drug-likeness (QED) is 0.239. The van der Waals surface area contributed by atoms with Gasteiger partial charge in [0.05, 0.1) is 0 Å². The molecule has 0 bridgehead atoms. The van der Waals surface area contributed by atoms with E-state index in [1.165, 1.54) is 58.8 Å². The Labute approximate surface area is 214 Å². The molecular weight excluding hydrogens is 456 g/mol. The number of benzene rings is 5. The van der Waals surface area contributed by atoms with Gasteiger partial charge in [-0.1, -0.05) is 99.6 Å². The predicted octanol–water partition coefficient (Wildman–Crippen LogP) is 10.6. The Morgan fingerprint density at radius 1 is 0.500 bits per heavy atom. The summed E-state index contributed by atoms with van der Waals surface area (Å²) in [6.07, 6.45) is 0. The summed E-state index contributed by atoms with van der Waals surface area (Å²) in [5.41, 5.74) is 8.28. The van der Waals surface area contributed by atoms with Crippen molar-refractivity contribution in [3.05, 3.63) is 109 Å². The van der Waals surface area contributed by atoms with Crippen molar-refractivity contribution in [1.29, 1.82) is 0 Å². The minimum absolute atomic E-state index is 0.0678. The van der Waals surface area contributed by atoms with Crippen LogP contribution in [0.2, 0.25) is 0 Å². The summed E-state index contributed by atoms with van der Waals surface area (Å²) in [6, 6.07) is 37.1. The van der Waals surface area contributed by atoms with Crippen LogP contribution in [0.4, 0.5) is 0 Å². The van der Waals surface area contributed by atoms with Gasteiger partial charge in [0.1, 0.15) is 11.2 Å². The van der Waals surface area contributed by atoms with Crippen molar-refractivity contribution in [2.24, 2.45) is 0 Å². The smallest absolute Gasteiger partial charge is 0.136 e. The SMILES string of the molecule is CC(C)(C)c1c(-c2cccc3oc4ccccc4c23)cccc1-c1cccc2sc3ccccc3c12. The molecule has 7 aromatic rings. The first-order valence-corrected chi connectivity index (χ1v) is 13.3. The number of hydrogen-bond acceptors (Lipinski definition) is 2. The van der Waals surface area contributed by atoms with Gasteiger partial charge in [0, 0.05) is 30.9 Å². The molecule has 0 aliphatic rings. The minimum atomic E-state index is -0.0678. The molecule has 0 unspecified atom stereocenters. The van der Waals surface area contributed by atoms with Gasteiger partial charge >= 0.3 is 0 Å². The van der Waals surface area contributed by atoms with Gasteiger partial charge in [-0.3, -0.25) is 0 Å². The van der Waals surface area contributed by atoms with E-state index in [2.05, 4.69) is 118 Å². The highest BCUT2D eigenvalue weighted by molar-refractivity contribution is 7.25. The summed E-state index contributed by atoms with van der Waals surface area (Å²) in [4.78, 5) is 0. The number of hydrogen-bond donors (Lipinski definition) is 0. The lowest BCUT2D eigenvalue weighted by Gasteiger charge is -2.27. The van der Waals surface area contributed by atoms with Gasteiger partial charge in [0.15, 0.2) is 0 Å². The molecule has 0 saturated carbocycles. The summed E-state index contributed by atoms with van der Waals surface area (Å²) in [5, 5.41) is 5.04. The fourth-order valence-corrected chi connectivity index (χ4v) is 6.94. The Bertz CT molecular complexity index is 1790. The van der Waals surface area contributed by atoms with Crippen LogP contribution in [0.1, 0.15) is 26.3 Å². The van der Waals surface area contributed by atoms with E-state index in [-0.39, 0.29) is 5.41 Å². The van der Waals surface area contributed by atoms with Gasteiger partial charge in [-0.2, -0.15) is 0 Å². The van der Waals surface area contributed by atoms with Crippen LogP contribution >= 0.6 is 11.3 Å². The lowest BCUT2D eigenvalue weighted by molar-refractivity contribution is 0.594. The first kappa shape index (κ1) is 21.4. The largest absolute Gasteiger partial charge is 0.456 e. The van der Waals surface area contributed by atoms with Crippen molar-refractivity contribution < 1.29 is 4.42 Å². The van der Waals surface area contributed by atoms with Crippen LogP contribution in [-0.4, -0.2) is 0 Å². The third kappa shape index (κ3) is 3.14. The normalized spacial score (nSPS) is 12.3. The molecule has 174 valence electrons. The summed E-state index contributed by atoms with van der Waals surface area (Å²) in [5.74, 6) is 0. The van der Waals surface area contributed by atoms with E-state index in [4.69, 9.17) is 4.42 Å². The molecule has 1 nitrogen and oxygen atoms in total. The Kier molecular flexibility index (Phi) is 4.64. The Morgan fingerprint density at radius 2 is 1.06 bits per heavy atom. The lowest BCUT2D eigenvalue weighted by Crippen LogP contribution is -2.14. The van der Waals surface area contributed by atoms with Gasteiger partial charge in [-0.15, -0.1) is 11.3 Å². The van der Waals surface area contributed by atoms with E-state index >= 15 is 0 Å². The fraction of sp³-hybridized carbons (Fsp3) is 0.118. The second kappa shape index (κ2) is 7.81. The van der Waals surface area contributed by atoms with Crippen LogP contribution in [0, 0.1) is 0 Å². The molecule has 0 aliphatic carbocycles.